The van der Waals surface area contributed by atoms with Crippen LogP contribution in [0.4, 0.5) is 13.2 Å². The molecule has 1 aromatic heterocycles. The van der Waals surface area contributed by atoms with Crippen molar-refractivity contribution in [3.05, 3.63) is 36.0 Å². The first-order valence-corrected chi connectivity index (χ1v) is 6.28. The van der Waals surface area contributed by atoms with Gasteiger partial charge >= 0.3 is 6.36 Å². The molecule has 0 amide bonds. The molecule has 0 aliphatic rings. The fraction of sp³-hybridized carbons (Fsp3) is 0.357. The zero-order chi connectivity index (χ0) is 14.8. The van der Waals surface area contributed by atoms with Gasteiger partial charge < -0.3 is 4.74 Å². The van der Waals surface area contributed by atoms with Crippen molar-refractivity contribution in [3.63, 3.8) is 0 Å². The van der Waals surface area contributed by atoms with Gasteiger partial charge in [-0.2, -0.15) is 5.10 Å². The summed E-state index contributed by atoms with van der Waals surface area (Å²) in [7, 11) is 1.86. The average Bonchev–Trinajstić information content (AvgIpc) is 2.70. The number of hydrogen-bond donors (Lipinski definition) is 0. The SMILES string of the molecule is CCCc1cc(-c2ccc(OC(F)(F)F)cc2)nn1C. The van der Waals surface area contributed by atoms with Crippen LogP contribution in [0, 0.1) is 0 Å². The minimum Gasteiger partial charge on any atom is -0.406 e. The lowest BCUT2D eigenvalue weighted by molar-refractivity contribution is -0.274. The predicted molar refractivity (Wildman–Crippen MR) is 69.3 cm³/mol. The van der Waals surface area contributed by atoms with E-state index in [1.165, 1.54) is 12.1 Å². The van der Waals surface area contributed by atoms with E-state index < -0.39 is 6.36 Å². The number of ether oxygens (including phenoxy) is 1. The molecule has 2 aromatic rings. The van der Waals surface area contributed by atoms with Gasteiger partial charge in [-0.25, -0.2) is 0 Å². The van der Waals surface area contributed by atoms with Gasteiger partial charge in [0.25, 0.3) is 0 Å². The molecule has 1 aromatic carbocycles. The standard InChI is InChI=1S/C14H15F3N2O/c1-3-4-11-9-13(18-19(11)2)10-5-7-12(8-6-10)20-14(15,16)17/h5-9H,3-4H2,1-2H3. The van der Waals surface area contributed by atoms with E-state index in [-0.39, 0.29) is 5.75 Å². The predicted octanol–water partition coefficient (Wildman–Crippen LogP) is 3.94. The monoisotopic (exact) mass is 284 g/mol. The molecule has 3 nitrogen and oxygen atoms in total. The van der Waals surface area contributed by atoms with Crippen LogP contribution in [0.5, 0.6) is 5.75 Å². The molecule has 0 unspecified atom stereocenters. The van der Waals surface area contributed by atoms with E-state index in [4.69, 9.17) is 0 Å². The first-order valence-electron chi connectivity index (χ1n) is 6.28. The number of alkyl halides is 3. The minimum absolute atomic E-state index is 0.231. The smallest absolute Gasteiger partial charge is 0.406 e. The molecular formula is C14H15F3N2O. The normalized spacial score (nSPS) is 11.7. The molecule has 108 valence electrons. The van der Waals surface area contributed by atoms with Crippen molar-refractivity contribution in [3.8, 4) is 17.0 Å². The first kappa shape index (κ1) is 14.4. The summed E-state index contributed by atoms with van der Waals surface area (Å²) in [4.78, 5) is 0. The van der Waals surface area contributed by atoms with Gasteiger partial charge in [0.15, 0.2) is 0 Å². The molecule has 0 atom stereocenters. The third-order valence-electron chi connectivity index (χ3n) is 2.87. The quantitative estimate of drug-likeness (QED) is 0.850. The summed E-state index contributed by atoms with van der Waals surface area (Å²) in [5.74, 6) is -0.231. The second kappa shape index (κ2) is 5.56. The molecule has 0 radical (unpaired) electrons. The largest absolute Gasteiger partial charge is 0.573 e. The molecule has 2 rings (SSSR count). The summed E-state index contributed by atoms with van der Waals surface area (Å²) < 4.78 is 41.8. The number of aromatic nitrogens is 2. The fourth-order valence-electron chi connectivity index (χ4n) is 1.96. The molecular weight excluding hydrogens is 269 g/mol. The maximum absolute atomic E-state index is 12.1. The van der Waals surface area contributed by atoms with E-state index in [1.807, 2.05) is 13.1 Å². The number of nitrogens with zero attached hydrogens (tertiary/aromatic N) is 2. The lowest BCUT2D eigenvalue weighted by atomic mass is 10.1. The zero-order valence-electron chi connectivity index (χ0n) is 11.2. The highest BCUT2D eigenvalue weighted by Crippen LogP contribution is 2.26. The maximum atomic E-state index is 12.1. The highest BCUT2D eigenvalue weighted by molar-refractivity contribution is 5.60. The van der Waals surface area contributed by atoms with Crippen LogP contribution in [-0.4, -0.2) is 16.1 Å². The summed E-state index contributed by atoms with van der Waals surface area (Å²) in [6.07, 6.45) is -2.74. The van der Waals surface area contributed by atoms with Gasteiger partial charge in [0, 0.05) is 18.3 Å². The molecule has 0 fully saturated rings. The molecule has 0 spiro atoms. The Kier molecular flexibility index (Phi) is 4.01. The van der Waals surface area contributed by atoms with Crippen molar-refractivity contribution in [2.45, 2.75) is 26.1 Å². The number of benzene rings is 1. The first-order chi connectivity index (χ1) is 9.39. The van der Waals surface area contributed by atoms with Gasteiger partial charge in [-0.05, 0) is 36.8 Å². The molecule has 0 N–H and O–H groups in total. The Morgan fingerprint density at radius 2 is 1.85 bits per heavy atom. The van der Waals surface area contributed by atoms with Crippen LogP contribution in [0.15, 0.2) is 30.3 Å². The molecule has 0 aliphatic carbocycles. The highest BCUT2D eigenvalue weighted by atomic mass is 19.4. The van der Waals surface area contributed by atoms with E-state index in [0.29, 0.717) is 0 Å². The number of rotatable bonds is 4. The third-order valence-corrected chi connectivity index (χ3v) is 2.87. The summed E-state index contributed by atoms with van der Waals surface area (Å²) in [5, 5.41) is 4.36. The maximum Gasteiger partial charge on any atom is 0.573 e. The van der Waals surface area contributed by atoms with E-state index in [2.05, 4.69) is 16.8 Å². The number of aryl methyl sites for hydroxylation is 2. The zero-order valence-corrected chi connectivity index (χ0v) is 11.2. The molecule has 0 bridgehead atoms. The number of halogens is 3. The minimum atomic E-state index is -4.67. The van der Waals surface area contributed by atoms with E-state index in [0.717, 1.165) is 29.8 Å². The van der Waals surface area contributed by atoms with Crippen LogP contribution >= 0.6 is 0 Å². The Morgan fingerprint density at radius 3 is 2.40 bits per heavy atom. The molecule has 20 heavy (non-hydrogen) atoms. The van der Waals surface area contributed by atoms with Crippen molar-refractivity contribution in [1.29, 1.82) is 0 Å². The van der Waals surface area contributed by atoms with Crippen LogP contribution in [-0.2, 0) is 13.5 Å². The molecule has 6 heteroatoms. The second-order valence-corrected chi connectivity index (χ2v) is 4.47. The Morgan fingerprint density at radius 1 is 1.20 bits per heavy atom. The molecule has 1 heterocycles. The number of hydrogen-bond acceptors (Lipinski definition) is 2. The topological polar surface area (TPSA) is 27.1 Å². The van der Waals surface area contributed by atoms with E-state index >= 15 is 0 Å². The summed E-state index contributed by atoms with van der Waals surface area (Å²) in [6.45, 7) is 2.08. The van der Waals surface area contributed by atoms with Crippen LogP contribution < -0.4 is 4.74 Å². The lowest BCUT2D eigenvalue weighted by Gasteiger charge is -2.08. The van der Waals surface area contributed by atoms with Crippen LogP contribution in [0.2, 0.25) is 0 Å². The Labute approximate surface area is 115 Å². The summed E-state index contributed by atoms with van der Waals surface area (Å²) >= 11 is 0. The van der Waals surface area contributed by atoms with Gasteiger partial charge in [-0.15, -0.1) is 13.2 Å². The van der Waals surface area contributed by atoms with Crippen LogP contribution in [0.25, 0.3) is 11.3 Å². The van der Waals surface area contributed by atoms with Crippen molar-refractivity contribution in [2.75, 3.05) is 0 Å². The Bertz CT molecular complexity index is 573. The van der Waals surface area contributed by atoms with Crippen molar-refractivity contribution >= 4 is 0 Å². The molecule has 0 aliphatic heterocycles. The second-order valence-electron chi connectivity index (χ2n) is 4.47. The van der Waals surface area contributed by atoms with Gasteiger partial charge in [0.05, 0.1) is 5.69 Å². The van der Waals surface area contributed by atoms with Crippen molar-refractivity contribution < 1.29 is 17.9 Å². The van der Waals surface area contributed by atoms with Crippen LogP contribution in [0.1, 0.15) is 19.0 Å². The van der Waals surface area contributed by atoms with Gasteiger partial charge in [0.2, 0.25) is 0 Å². The lowest BCUT2D eigenvalue weighted by Crippen LogP contribution is -2.16. The van der Waals surface area contributed by atoms with E-state index in [9.17, 15) is 13.2 Å². The average molecular weight is 284 g/mol. The van der Waals surface area contributed by atoms with Crippen molar-refractivity contribution in [2.24, 2.45) is 7.05 Å². The fourth-order valence-corrected chi connectivity index (χ4v) is 1.96. The highest BCUT2D eigenvalue weighted by Gasteiger charge is 2.30. The van der Waals surface area contributed by atoms with Gasteiger partial charge in [-0.3, -0.25) is 4.68 Å². The van der Waals surface area contributed by atoms with Gasteiger partial charge in [-0.1, -0.05) is 13.3 Å². The van der Waals surface area contributed by atoms with Crippen LogP contribution in [0.3, 0.4) is 0 Å². The Hall–Kier alpha value is -1.98. The van der Waals surface area contributed by atoms with E-state index in [1.54, 1.807) is 16.8 Å². The molecule has 0 saturated carbocycles. The summed E-state index contributed by atoms with van der Waals surface area (Å²) in [6, 6.07) is 7.66. The van der Waals surface area contributed by atoms with Crippen molar-refractivity contribution in [1.82, 2.24) is 9.78 Å². The molecule has 0 saturated heterocycles. The Balaban J connectivity index is 2.19. The third kappa shape index (κ3) is 3.53. The summed E-state index contributed by atoms with van der Waals surface area (Å²) in [5.41, 5.74) is 2.60. The van der Waals surface area contributed by atoms with Gasteiger partial charge in [0.1, 0.15) is 5.75 Å².